The topological polar surface area (TPSA) is 343 Å². The van der Waals surface area contributed by atoms with Crippen LogP contribution in [-0.2, 0) is 47.4 Å². The van der Waals surface area contributed by atoms with Gasteiger partial charge in [0, 0.05) is 13.1 Å². The van der Waals surface area contributed by atoms with Gasteiger partial charge >= 0.3 is 36.6 Å². The molecule has 11 atom stereocenters. The summed E-state index contributed by atoms with van der Waals surface area (Å²) in [6, 6.07) is -5.10. The van der Waals surface area contributed by atoms with Gasteiger partial charge in [-0.1, -0.05) is 0 Å². The van der Waals surface area contributed by atoms with Gasteiger partial charge in [0.1, 0.15) is 69.4 Å². The number of aliphatic hydroxyl groups is 3. The molecule has 6 amide bonds. The molecule has 0 radical (unpaired) electrons. The maximum Gasteiger partial charge on any atom is 0.437 e. The second kappa shape index (κ2) is 27.1. The van der Waals surface area contributed by atoms with Crippen molar-refractivity contribution in [2.75, 3.05) is 26.7 Å². The Morgan fingerprint density at radius 2 is 1.09 bits per heavy atom. The number of amides is 6. The Morgan fingerprint density at radius 1 is 0.622 bits per heavy atom. The number of aliphatic imine (C=N–C) groups is 1. The van der Waals surface area contributed by atoms with Crippen LogP contribution in [0.15, 0.2) is 16.8 Å². The van der Waals surface area contributed by atoms with Crippen LogP contribution in [0.5, 0.6) is 0 Å². The molecule has 1 saturated heterocycles. The lowest BCUT2D eigenvalue weighted by Gasteiger charge is -2.50. The second-order valence-corrected chi connectivity index (χ2v) is 27.5. The normalized spacial score (nSPS) is 29.2. The van der Waals surface area contributed by atoms with Crippen molar-refractivity contribution in [3.63, 3.8) is 0 Å². The fourth-order valence-corrected chi connectivity index (χ4v) is 9.18. The number of aliphatic hydroxyl groups excluding tert-OH is 2. The number of hydrogen-bond donors (Lipinski definition) is 9. The number of carbonyl (C=O) groups is 6. The van der Waals surface area contributed by atoms with Crippen molar-refractivity contribution in [2.24, 2.45) is 10.9 Å². The lowest BCUT2D eigenvalue weighted by molar-refractivity contribution is -0.311. The van der Waals surface area contributed by atoms with Crippen LogP contribution in [0.2, 0.25) is 0 Å². The van der Waals surface area contributed by atoms with E-state index in [-0.39, 0.29) is 31.3 Å². The third-order valence-electron chi connectivity index (χ3n) is 12.3. The molecule has 0 aromatic rings. The number of hydrogen-bond acceptors (Lipinski definition) is 20. The summed E-state index contributed by atoms with van der Waals surface area (Å²) in [6.45, 7) is 31.5. The molecule has 4 aliphatic rings. The number of nitrogens with one attached hydrogen (secondary N) is 6. The molecule has 0 spiro atoms. The first kappa shape index (κ1) is 69.0. The van der Waals surface area contributed by atoms with Crippen molar-refractivity contribution >= 4 is 42.5 Å². The van der Waals surface area contributed by atoms with E-state index in [0.29, 0.717) is 25.1 Å². The summed E-state index contributed by atoms with van der Waals surface area (Å²) in [4.78, 5) is 84.9. The van der Waals surface area contributed by atoms with E-state index in [1.165, 1.54) is 14.0 Å². The average Bonchev–Trinajstić information content (AvgIpc) is 3.22. The number of rotatable bonds is 13. The molecule has 9 N–H and O–H groups in total. The van der Waals surface area contributed by atoms with Gasteiger partial charge in [-0.05, 0) is 176 Å². The van der Waals surface area contributed by atoms with E-state index in [1.54, 1.807) is 131 Å². The average molecular weight is 1170 g/mol. The van der Waals surface area contributed by atoms with Gasteiger partial charge in [0.2, 0.25) is 12.2 Å². The number of nitrogens with zero attached hydrogens (tertiary/aromatic N) is 2. The maximum atomic E-state index is 13.8. The molecule has 2 saturated carbocycles. The highest BCUT2D eigenvalue weighted by Crippen LogP contribution is 2.36. The molecule has 3 fully saturated rings. The summed E-state index contributed by atoms with van der Waals surface area (Å²) in [5, 5.41) is 53.8. The first-order valence-corrected chi connectivity index (χ1v) is 27.9. The Bertz CT molecular complexity index is 2270. The van der Waals surface area contributed by atoms with Crippen molar-refractivity contribution in [1.82, 2.24) is 36.8 Å². The Kier molecular flexibility index (Phi) is 22.8. The zero-order chi connectivity index (χ0) is 62.3. The summed E-state index contributed by atoms with van der Waals surface area (Å²) in [7, 11) is 1.33. The summed E-state index contributed by atoms with van der Waals surface area (Å²) in [6.07, 6.45) is -12.5. The zero-order valence-corrected chi connectivity index (χ0v) is 51.7. The predicted octanol–water partition coefficient (Wildman–Crippen LogP) is 5.31. The second-order valence-electron chi connectivity index (χ2n) is 27.5. The fraction of sp³-hybridized carbons (Fsp3) is 0.836. The third kappa shape index (κ3) is 23.3. The van der Waals surface area contributed by atoms with Crippen LogP contribution < -0.4 is 31.9 Å². The Morgan fingerprint density at radius 3 is 1.57 bits per heavy atom. The standard InChI is InChI=1S/C55H96N8O19/c1-49(2,3)77-43(66)57-30-23-29(24-30)26-56-27-31-21-22-32(58-42(61-46(69)80-52(10,11)12)62-47(70)81-53(13,14)15)40(74-31)75-37-33(59-44(67)78-50(4,5)6)25-34(60-45(68)79-51(7,8)9)38(35(37)64)76-41-36(65)39(55(19,72)28-73-41)63(20)48(71)82-54(16,17)18/h21,29-30,32-41,56,64-65,72H,22-28H2,1-20H3,(H,57,66)(H,59,67)(H,60,68)(H2,58,61,62,69,70)/t29-,30-,32-,33+,34-,35+,36-,37-,38+,39-,40-,41-,55+/m1/s1. The van der Waals surface area contributed by atoms with E-state index >= 15 is 0 Å². The molecule has 27 nitrogen and oxygen atoms in total. The molecule has 0 aromatic heterocycles. The van der Waals surface area contributed by atoms with Crippen molar-refractivity contribution in [3.05, 3.63) is 11.8 Å². The van der Waals surface area contributed by atoms with E-state index in [2.05, 4.69) is 36.9 Å². The van der Waals surface area contributed by atoms with Gasteiger partial charge in [-0.2, -0.15) is 0 Å². The molecule has 82 heavy (non-hydrogen) atoms. The molecular formula is C55H96N8O19. The van der Waals surface area contributed by atoms with Crippen molar-refractivity contribution in [3.8, 4) is 0 Å². The smallest absolute Gasteiger partial charge is 0.437 e. The van der Waals surface area contributed by atoms with Crippen LogP contribution in [0.1, 0.15) is 157 Å². The Balaban J connectivity index is 1.79. The van der Waals surface area contributed by atoms with Crippen molar-refractivity contribution < 1.29 is 91.5 Å². The molecular weight excluding hydrogens is 1080 g/mol. The molecule has 2 aliphatic carbocycles. The van der Waals surface area contributed by atoms with Crippen LogP contribution in [0.25, 0.3) is 0 Å². The minimum atomic E-state index is -1.90. The first-order chi connectivity index (χ1) is 37.2. The first-order valence-electron chi connectivity index (χ1n) is 27.9. The van der Waals surface area contributed by atoms with Crippen molar-refractivity contribution in [1.29, 1.82) is 0 Å². The molecule has 470 valence electrons. The predicted molar refractivity (Wildman–Crippen MR) is 297 cm³/mol. The number of carbonyl (C=O) groups excluding carboxylic acids is 6. The molecule has 2 aliphatic heterocycles. The third-order valence-corrected chi connectivity index (χ3v) is 12.3. The zero-order valence-electron chi connectivity index (χ0n) is 51.7. The van der Waals surface area contributed by atoms with Gasteiger partial charge in [0.25, 0.3) is 0 Å². The van der Waals surface area contributed by atoms with Gasteiger partial charge in [-0.3, -0.25) is 5.32 Å². The highest BCUT2D eigenvalue weighted by molar-refractivity contribution is 5.99. The molecule has 27 heteroatoms. The van der Waals surface area contributed by atoms with Gasteiger partial charge in [-0.25, -0.2) is 28.8 Å². The van der Waals surface area contributed by atoms with Crippen molar-refractivity contribution in [2.45, 2.75) is 264 Å². The van der Waals surface area contributed by atoms with Crippen LogP contribution in [0.4, 0.5) is 28.8 Å². The highest BCUT2D eigenvalue weighted by Gasteiger charge is 2.55. The summed E-state index contributed by atoms with van der Waals surface area (Å²) < 4.78 is 59.0. The van der Waals surface area contributed by atoms with Crippen LogP contribution in [-0.4, -0.2) is 196 Å². The quantitative estimate of drug-likeness (QED) is 0.0641. The lowest BCUT2D eigenvalue weighted by Crippen LogP contribution is -2.70. The maximum absolute atomic E-state index is 13.8. The summed E-state index contributed by atoms with van der Waals surface area (Å²) in [5.74, 6) is 0.126. The Hall–Kier alpha value is -5.45. The summed E-state index contributed by atoms with van der Waals surface area (Å²) in [5.41, 5.74) is -7.47. The van der Waals surface area contributed by atoms with E-state index in [9.17, 15) is 44.1 Å². The molecule has 0 aromatic carbocycles. The largest absolute Gasteiger partial charge is 0.466 e. The Labute approximate surface area is 482 Å². The number of likely N-dealkylation sites (N-methyl/N-ethyl adjacent to an activating group) is 1. The van der Waals surface area contributed by atoms with E-state index in [4.69, 9.17) is 47.4 Å². The highest BCUT2D eigenvalue weighted by atomic mass is 16.7. The number of alkyl carbamates (subject to hydrolysis) is 4. The van der Waals surface area contributed by atoms with Gasteiger partial charge < -0.3 is 94.2 Å². The molecule has 0 unspecified atom stereocenters. The SMILES string of the molecule is CN(C(=O)OC(C)(C)C)[C@@H]1[C@@H](O)[C@@H](O[C@@H]2[C@@H](O)[C@H](O[C@H]3OC(CNC[C@H]4C[C@H](NC(=O)OC(C)(C)C)C4)=CC[C@H]3N/C(=N/C(=O)OC(C)(C)C)NC(=O)OC(C)(C)C)[C@@H](NC(=O)OC(C)(C)C)C[C@H]2NC(=O)OC(C)(C)C)OC[C@]1(C)O. The van der Waals surface area contributed by atoms with E-state index < -0.39 is 149 Å². The van der Waals surface area contributed by atoms with Crippen LogP contribution in [0.3, 0.4) is 0 Å². The summed E-state index contributed by atoms with van der Waals surface area (Å²) >= 11 is 0. The molecule has 4 rings (SSSR count). The van der Waals surface area contributed by atoms with Crippen LogP contribution >= 0.6 is 0 Å². The van der Waals surface area contributed by atoms with E-state index in [0.717, 1.165) is 4.90 Å². The lowest BCUT2D eigenvalue weighted by atomic mass is 9.80. The van der Waals surface area contributed by atoms with Crippen LogP contribution in [0, 0.1) is 5.92 Å². The van der Waals surface area contributed by atoms with E-state index in [1.807, 2.05) is 0 Å². The van der Waals surface area contributed by atoms with Gasteiger partial charge in [0.15, 0.2) is 6.29 Å². The molecule has 2 heterocycles. The number of ether oxygens (including phenoxy) is 10. The molecule has 0 bridgehead atoms. The number of guanidine groups is 1. The van der Waals surface area contributed by atoms with Gasteiger partial charge in [-0.15, -0.1) is 4.99 Å². The minimum absolute atomic E-state index is 0.0562. The van der Waals surface area contributed by atoms with Gasteiger partial charge in [0.05, 0.1) is 37.3 Å². The minimum Gasteiger partial charge on any atom is -0.466 e. The monoisotopic (exact) mass is 1170 g/mol. The fourth-order valence-electron chi connectivity index (χ4n) is 9.18.